The van der Waals surface area contributed by atoms with E-state index in [2.05, 4.69) is 10.1 Å². The van der Waals surface area contributed by atoms with Crippen LogP contribution < -0.4 is 5.32 Å². The van der Waals surface area contributed by atoms with Gasteiger partial charge in [0.15, 0.2) is 0 Å². The summed E-state index contributed by atoms with van der Waals surface area (Å²) in [6.07, 6.45) is 2.18. The van der Waals surface area contributed by atoms with Crippen LogP contribution in [0.4, 0.5) is 0 Å². The van der Waals surface area contributed by atoms with Crippen LogP contribution >= 0.6 is 0 Å². The summed E-state index contributed by atoms with van der Waals surface area (Å²) in [7, 11) is 1.31. The van der Waals surface area contributed by atoms with Gasteiger partial charge < -0.3 is 10.1 Å². The van der Waals surface area contributed by atoms with Gasteiger partial charge in [0.05, 0.1) is 12.7 Å². The molecule has 0 aliphatic rings. The van der Waals surface area contributed by atoms with Crippen LogP contribution in [0.15, 0.2) is 60.2 Å². The zero-order valence-corrected chi connectivity index (χ0v) is 13.9. The summed E-state index contributed by atoms with van der Waals surface area (Å²) < 4.78 is 4.63. The van der Waals surface area contributed by atoms with E-state index in [1.165, 1.54) is 13.2 Å². The van der Waals surface area contributed by atoms with Gasteiger partial charge in [-0.2, -0.15) is 5.26 Å². The minimum atomic E-state index is -0.435. The zero-order chi connectivity index (χ0) is 18.1. The predicted molar refractivity (Wildman–Crippen MR) is 94.5 cm³/mol. The van der Waals surface area contributed by atoms with E-state index in [4.69, 9.17) is 0 Å². The van der Waals surface area contributed by atoms with Crippen molar-refractivity contribution in [3.63, 3.8) is 0 Å². The molecule has 0 spiro atoms. The molecular weight excluding hydrogens is 316 g/mol. The highest BCUT2D eigenvalue weighted by atomic mass is 16.5. The van der Waals surface area contributed by atoms with E-state index in [9.17, 15) is 14.9 Å². The van der Waals surface area contributed by atoms with Crippen LogP contribution in [0.25, 0.3) is 6.08 Å². The summed E-state index contributed by atoms with van der Waals surface area (Å²) in [6, 6.07) is 18.2. The Kier molecular flexibility index (Phi) is 6.49. The van der Waals surface area contributed by atoms with Crippen LogP contribution in [0.3, 0.4) is 0 Å². The lowest BCUT2D eigenvalue weighted by Gasteiger charge is -2.05. The van der Waals surface area contributed by atoms with Crippen LogP contribution in [-0.4, -0.2) is 25.5 Å². The average Bonchev–Trinajstić information content (AvgIpc) is 2.66. The molecule has 0 heterocycles. The number of nitrogens with zero attached hydrogens (tertiary/aromatic N) is 1. The van der Waals surface area contributed by atoms with Gasteiger partial charge in [0.2, 0.25) is 0 Å². The first-order chi connectivity index (χ1) is 12.1. The van der Waals surface area contributed by atoms with Gasteiger partial charge in [-0.25, -0.2) is 4.79 Å². The molecule has 0 bridgehead atoms. The van der Waals surface area contributed by atoms with Gasteiger partial charge >= 0.3 is 5.97 Å². The third-order valence-corrected chi connectivity index (χ3v) is 3.55. The molecule has 0 atom stereocenters. The van der Waals surface area contributed by atoms with E-state index < -0.39 is 11.9 Å². The number of carbonyl (C=O) groups is 2. The lowest BCUT2D eigenvalue weighted by Crippen LogP contribution is -2.26. The Morgan fingerprint density at radius 3 is 2.40 bits per heavy atom. The smallest absolute Gasteiger partial charge is 0.337 e. The summed E-state index contributed by atoms with van der Waals surface area (Å²) in [5, 5.41) is 11.9. The molecule has 2 aromatic carbocycles. The Bertz CT molecular complexity index is 803. The highest BCUT2D eigenvalue weighted by Gasteiger charge is 2.09. The molecule has 0 saturated carbocycles. The van der Waals surface area contributed by atoms with Crippen LogP contribution in [0.5, 0.6) is 0 Å². The van der Waals surface area contributed by atoms with E-state index in [0.29, 0.717) is 24.1 Å². The Hall–Kier alpha value is -3.39. The molecule has 1 amide bonds. The second-order valence-electron chi connectivity index (χ2n) is 5.27. The molecule has 5 nitrogen and oxygen atoms in total. The third kappa shape index (κ3) is 5.33. The minimum absolute atomic E-state index is 0.0129. The average molecular weight is 334 g/mol. The van der Waals surface area contributed by atoms with Crippen LogP contribution in [-0.2, 0) is 16.0 Å². The van der Waals surface area contributed by atoms with Gasteiger partial charge in [0, 0.05) is 6.54 Å². The first-order valence-corrected chi connectivity index (χ1v) is 7.76. The largest absolute Gasteiger partial charge is 0.465 e. The highest BCUT2D eigenvalue weighted by Crippen LogP contribution is 2.10. The molecule has 0 aromatic heterocycles. The van der Waals surface area contributed by atoms with E-state index in [1.54, 1.807) is 24.3 Å². The maximum atomic E-state index is 12.1. The van der Waals surface area contributed by atoms with Gasteiger partial charge in [-0.05, 0) is 35.8 Å². The fourth-order valence-corrected chi connectivity index (χ4v) is 2.21. The maximum absolute atomic E-state index is 12.1. The number of rotatable bonds is 6. The lowest BCUT2D eigenvalue weighted by atomic mass is 10.1. The maximum Gasteiger partial charge on any atom is 0.337 e. The number of esters is 1. The molecule has 0 unspecified atom stereocenters. The van der Waals surface area contributed by atoms with Crippen molar-refractivity contribution in [1.82, 2.24) is 5.32 Å². The summed E-state index contributed by atoms with van der Waals surface area (Å²) >= 11 is 0. The number of carbonyl (C=O) groups excluding carboxylic acids is 2. The summed E-state index contributed by atoms with van der Waals surface area (Å²) in [5.74, 6) is -0.856. The van der Waals surface area contributed by atoms with E-state index in [0.717, 1.165) is 5.56 Å². The molecule has 0 fully saturated rings. The Morgan fingerprint density at radius 2 is 1.80 bits per heavy atom. The van der Waals surface area contributed by atoms with Gasteiger partial charge in [0.1, 0.15) is 11.6 Å². The first-order valence-electron chi connectivity index (χ1n) is 7.76. The second-order valence-corrected chi connectivity index (χ2v) is 5.27. The standard InChI is InChI=1S/C20H18N2O3/c1-25-20(24)17-9-7-16(8-10-17)13-18(14-21)19(23)22-12-11-15-5-3-2-4-6-15/h2-10,13H,11-12H2,1H3,(H,22,23)/b18-13-. The number of benzene rings is 2. The molecule has 0 saturated heterocycles. The number of nitriles is 1. The Balaban J connectivity index is 1.98. The number of nitrogens with one attached hydrogen (secondary N) is 1. The van der Waals surface area contributed by atoms with Crippen molar-refractivity contribution in [3.8, 4) is 6.07 Å². The number of methoxy groups -OCH3 is 1. The van der Waals surface area contributed by atoms with Gasteiger partial charge in [0.25, 0.3) is 5.91 Å². The number of hydrogen-bond acceptors (Lipinski definition) is 4. The monoisotopic (exact) mass is 334 g/mol. The van der Waals surface area contributed by atoms with Gasteiger partial charge in [-0.15, -0.1) is 0 Å². The first kappa shape index (κ1) is 18.0. The second kappa shape index (κ2) is 9.04. The van der Waals surface area contributed by atoms with Crippen molar-refractivity contribution in [3.05, 3.63) is 76.9 Å². The van der Waals surface area contributed by atoms with E-state index in [1.807, 2.05) is 36.4 Å². The molecule has 2 rings (SSSR count). The highest BCUT2D eigenvalue weighted by molar-refractivity contribution is 6.01. The molecule has 0 aliphatic carbocycles. The number of amides is 1. The molecule has 0 radical (unpaired) electrons. The van der Waals surface area contributed by atoms with Crippen LogP contribution in [0.1, 0.15) is 21.5 Å². The quantitative estimate of drug-likeness (QED) is 0.500. The summed E-state index contributed by atoms with van der Waals surface area (Å²) in [6.45, 7) is 0.448. The summed E-state index contributed by atoms with van der Waals surface area (Å²) in [5.41, 5.74) is 2.19. The molecule has 25 heavy (non-hydrogen) atoms. The third-order valence-electron chi connectivity index (χ3n) is 3.55. The molecule has 0 aliphatic heterocycles. The molecule has 2 aromatic rings. The van der Waals surface area contributed by atoms with Gasteiger partial charge in [-0.3, -0.25) is 4.79 Å². The van der Waals surface area contributed by atoms with Crippen LogP contribution in [0, 0.1) is 11.3 Å². The SMILES string of the molecule is COC(=O)c1ccc(/C=C(/C#N)C(=O)NCCc2ccccc2)cc1. The molecular formula is C20H18N2O3. The Labute approximate surface area is 146 Å². The van der Waals surface area contributed by atoms with Crippen LogP contribution in [0.2, 0.25) is 0 Å². The molecule has 126 valence electrons. The number of ether oxygens (including phenoxy) is 1. The fourth-order valence-electron chi connectivity index (χ4n) is 2.21. The van der Waals surface area contributed by atoms with Crippen molar-refractivity contribution in [2.24, 2.45) is 0 Å². The van der Waals surface area contributed by atoms with E-state index >= 15 is 0 Å². The normalized spacial score (nSPS) is 10.6. The van der Waals surface area contributed by atoms with E-state index in [-0.39, 0.29) is 5.57 Å². The van der Waals surface area contributed by atoms with Crippen molar-refractivity contribution in [1.29, 1.82) is 5.26 Å². The van der Waals surface area contributed by atoms with Crippen molar-refractivity contribution >= 4 is 18.0 Å². The van der Waals surface area contributed by atoms with Gasteiger partial charge in [-0.1, -0.05) is 42.5 Å². The van der Waals surface area contributed by atoms with Crippen molar-refractivity contribution < 1.29 is 14.3 Å². The fraction of sp³-hybridized carbons (Fsp3) is 0.150. The minimum Gasteiger partial charge on any atom is -0.465 e. The zero-order valence-electron chi connectivity index (χ0n) is 13.9. The van der Waals surface area contributed by atoms with Crippen molar-refractivity contribution in [2.75, 3.05) is 13.7 Å². The molecule has 1 N–H and O–H groups in total. The molecule has 5 heteroatoms. The Morgan fingerprint density at radius 1 is 1.12 bits per heavy atom. The van der Waals surface area contributed by atoms with Crippen molar-refractivity contribution in [2.45, 2.75) is 6.42 Å². The number of hydrogen-bond donors (Lipinski definition) is 1. The topological polar surface area (TPSA) is 79.2 Å². The summed E-state index contributed by atoms with van der Waals surface area (Å²) in [4.78, 5) is 23.5. The lowest BCUT2D eigenvalue weighted by molar-refractivity contribution is -0.117. The predicted octanol–water partition coefficient (Wildman–Crippen LogP) is 2.74.